The molecule has 0 fully saturated rings. The summed E-state index contributed by atoms with van der Waals surface area (Å²) >= 11 is 0. The molecular weight excluding hydrogens is 248 g/mol. The lowest BCUT2D eigenvalue weighted by atomic mass is 10.3. The predicted molar refractivity (Wildman–Crippen MR) is 60.0 cm³/mol. The van der Waals surface area contributed by atoms with Crippen molar-refractivity contribution in [2.45, 2.75) is 17.9 Å². The standard InChI is InChI=1S/C9H12N2O5S/c1-7(12)6-10-17(15,16)9-4-2-3-8(5-9)11(13)14/h2-5,7,10,12H,6H2,1H3/t7-/m1/s1. The molecule has 0 aliphatic rings. The van der Waals surface area contributed by atoms with E-state index in [9.17, 15) is 18.5 Å². The number of hydrogen-bond donors (Lipinski definition) is 2. The molecule has 7 nitrogen and oxygen atoms in total. The van der Waals surface area contributed by atoms with Gasteiger partial charge >= 0.3 is 0 Å². The van der Waals surface area contributed by atoms with Crippen molar-refractivity contribution in [2.24, 2.45) is 0 Å². The zero-order valence-electron chi connectivity index (χ0n) is 9.03. The second-order valence-corrected chi connectivity index (χ2v) is 5.22. The number of nitro groups is 1. The van der Waals surface area contributed by atoms with Crippen LogP contribution in [-0.2, 0) is 10.0 Å². The monoisotopic (exact) mass is 260 g/mol. The second-order valence-electron chi connectivity index (χ2n) is 3.46. The van der Waals surface area contributed by atoms with Crippen LogP contribution < -0.4 is 4.72 Å². The van der Waals surface area contributed by atoms with E-state index in [0.29, 0.717) is 0 Å². The molecule has 17 heavy (non-hydrogen) atoms. The molecule has 0 saturated carbocycles. The zero-order chi connectivity index (χ0) is 13.1. The first-order valence-corrected chi connectivity index (χ1v) is 6.23. The predicted octanol–water partition coefficient (Wildman–Crippen LogP) is 0.254. The van der Waals surface area contributed by atoms with Crippen molar-refractivity contribution in [3.05, 3.63) is 34.4 Å². The van der Waals surface area contributed by atoms with Gasteiger partial charge in [-0.3, -0.25) is 10.1 Å². The molecule has 0 heterocycles. The molecule has 0 saturated heterocycles. The Morgan fingerprint density at radius 2 is 2.18 bits per heavy atom. The van der Waals surface area contributed by atoms with Gasteiger partial charge in [0.05, 0.1) is 15.9 Å². The van der Waals surface area contributed by atoms with Crippen LogP contribution in [0.5, 0.6) is 0 Å². The summed E-state index contributed by atoms with van der Waals surface area (Å²) in [5.74, 6) is 0. The molecule has 0 aromatic heterocycles. The van der Waals surface area contributed by atoms with Crippen molar-refractivity contribution >= 4 is 15.7 Å². The third-order valence-electron chi connectivity index (χ3n) is 1.91. The number of nitrogens with one attached hydrogen (secondary N) is 1. The van der Waals surface area contributed by atoms with E-state index < -0.39 is 21.1 Å². The average molecular weight is 260 g/mol. The maximum atomic E-state index is 11.7. The van der Waals surface area contributed by atoms with Gasteiger partial charge in [-0.2, -0.15) is 0 Å². The fourth-order valence-corrected chi connectivity index (χ4v) is 2.24. The molecule has 0 aliphatic heterocycles. The highest BCUT2D eigenvalue weighted by atomic mass is 32.2. The van der Waals surface area contributed by atoms with Gasteiger partial charge in [-0.1, -0.05) is 6.07 Å². The van der Waals surface area contributed by atoms with Crippen LogP contribution in [0, 0.1) is 10.1 Å². The van der Waals surface area contributed by atoms with Gasteiger partial charge < -0.3 is 5.11 Å². The zero-order valence-corrected chi connectivity index (χ0v) is 9.85. The largest absolute Gasteiger partial charge is 0.392 e. The quantitative estimate of drug-likeness (QED) is 0.582. The van der Waals surface area contributed by atoms with Crippen molar-refractivity contribution in [1.29, 1.82) is 0 Å². The number of non-ortho nitro benzene ring substituents is 1. The Labute approximate surface area is 98.3 Å². The van der Waals surface area contributed by atoms with Gasteiger partial charge in [0, 0.05) is 18.7 Å². The van der Waals surface area contributed by atoms with Crippen molar-refractivity contribution in [2.75, 3.05) is 6.54 Å². The Bertz CT molecular complexity index is 512. The van der Waals surface area contributed by atoms with E-state index in [1.54, 1.807) is 0 Å². The second kappa shape index (κ2) is 5.21. The van der Waals surface area contributed by atoms with Crippen LogP contribution in [0.15, 0.2) is 29.2 Å². The molecule has 8 heteroatoms. The Kier molecular flexibility index (Phi) is 4.16. The average Bonchev–Trinajstić information content (AvgIpc) is 2.27. The number of rotatable bonds is 5. The van der Waals surface area contributed by atoms with Crippen LogP contribution in [0.25, 0.3) is 0 Å². The highest BCUT2D eigenvalue weighted by molar-refractivity contribution is 7.89. The van der Waals surface area contributed by atoms with Crippen LogP contribution >= 0.6 is 0 Å². The van der Waals surface area contributed by atoms with Crippen LogP contribution in [0.3, 0.4) is 0 Å². The lowest BCUT2D eigenvalue weighted by Gasteiger charge is -2.07. The minimum Gasteiger partial charge on any atom is -0.392 e. The molecule has 2 N–H and O–H groups in total. The van der Waals surface area contributed by atoms with Crippen molar-refractivity contribution in [3.8, 4) is 0 Å². The highest BCUT2D eigenvalue weighted by Crippen LogP contribution is 2.16. The van der Waals surface area contributed by atoms with Gasteiger partial charge in [0.15, 0.2) is 0 Å². The molecule has 1 atom stereocenters. The number of sulfonamides is 1. The van der Waals surface area contributed by atoms with Gasteiger partial charge in [-0.15, -0.1) is 0 Å². The number of aliphatic hydroxyl groups is 1. The topological polar surface area (TPSA) is 110 Å². The molecule has 1 aromatic rings. The third-order valence-corrected chi connectivity index (χ3v) is 3.33. The first kappa shape index (κ1) is 13.6. The Morgan fingerprint density at radius 1 is 1.53 bits per heavy atom. The first-order chi connectivity index (χ1) is 7.83. The summed E-state index contributed by atoms with van der Waals surface area (Å²) in [6.45, 7) is 1.28. The summed E-state index contributed by atoms with van der Waals surface area (Å²) in [4.78, 5) is 9.62. The summed E-state index contributed by atoms with van der Waals surface area (Å²) in [5, 5.41) is 19.5. The molecule has 0 bridgehead atoms. The fraction of sp³-hybridized carbons (Fsp3) is 0.333. The van der Waals surface area contributed by atoms with Gasteiger partial charge in [0.2, 0.25) is 10.0 Å². The summed E-state index contributed by atoms with van der Waals surface area (Å²) in [5.41, 5.74) is -0.301. The van der Waals surface area contributed by atoms with E-state index in [1.807, 2.05) is 0 Å². The molecular formula is C9H12N2O5S. The van der Waals surface area contributed by atoms with Crippen LogP contribution in [-0.4, -0.2) is 31.1 Å². The Morgan fingerprint density at radius 3 is 2.71 bits per heavy atom. The minimum absolute atomic E-state index is 0.148. The molecule has 0 unspecified atom stereocenters. The van der Waals surface area contributed by atoms with Crippen LogP contribution in [0.4, 0.5) is 5.69 Å². The van der Waals surface area contributed by atoms with E-state index >= 15 is 0 Å². The third kappa shape index (κ3) is 3.77. The molecule has 94 valence electrons. The van der Waals surface area contributed by atoms with Crippen LogP contribution in [0.2, 0.25) is 0 Å². The SMILES string of the molecule is C[C@@H](O)CNS(=O)(=O)c1cccc([N+](=O)[O-])c1. The van der Waals surface area contributed by atoms with Gasteiger partial charge in [0.25, 0.3) is 5.69 Å². The van der Waals surface area contributed by atoms with E-state index in [-0.39, 0.29) is 17.1 Å². The Hall–Kier alpha value is -1.51. The number of benzene rings is 1. The smallest absolute Gasteiger partial charge is 0.270 e. The van der Waals surface area contributed by atoms with E-state index in [2.05, 4.69) is 4.72 Å². The van der Waals surface area contributed by atoms with E-state index in [4.69, 9.17) is 5.11 Å². The lowest BCUT2D eigenvalue weighted by molar-refractivity contribution is -0.385. The summed E-state index contributed by atoms with van der Waals surface area (Å²) in [6, 6.07) is 4.70. The van der Waals surface area contributed by atoms with Crippen molar-refractivity contribution in [1.82, 2.24) is 4.72 Å². The maximum absolute atomic E-state index is 11.7. The van der Waals surface area contributed by atoms with Gasteiger partial charge in [-0.05, 0) is 13.0 Å². The first-order valence-electron chi connectivity index (χ1n) is 4.75. The van der Waals surface area contributed by atoms with E-state index in [0.717, 1.165) is 6.07 Å². The molecule has 0 aliphatic carbocycles. The normalized spacial score (nSPS) is 13.3. The molecule has 0 spiro atoms. The maximum Gasteiger partial charge on any atom is 0.270 e. The van der Waals surface area contributed by atoms with Crippen LogP contribution in [0.1, 0.15) is 6.92 Å². The number of nitrogens with zero attached hydrogens (tertiary/aromatic N) is 1. The molecule has 1 aromatic carbocycles. The number of hydrogen-bond acceptors (Lipinski definition) is 5. The van der Waals surface area contributed by atoms with E-state index in [1.165, 1.54) is 25.1 Å². The highest BCUT2D eigenvalue weighted by Gasteiger charge is 2.17. The molecule has 0 radical (unpaired) electrons. The van der Waals surface area contributed by atoms with Gasteiger partial charge in [0.1, 0.15) is 0 Å². The minimum atomic E-state index is -3.83. The number of nitro benzene ring substituents is 1. The van der Waals surface area contributed by atoms with Gasteiger partial charge in [-0.25, -0.2) is 13.1 Å². The summed E-state index contributed by atoms with van der Waals surface area (Å²) in [7, 11) is -3.83. The fourth-order valence-electron chi connectivity index (χ4n) is 1.08. The Balaban J connectivity index is 2.99. The summed E-state index contributed by atoms with van der Waals surface area (Å²) in [6.07, 6.45) is -0.830. The lowest BCUT2D eigenvalue weighted by Crippen LogP contribution is -2.30. The summed E-state index contributed by atoms with van der Waals surface area (Å²) < 4.78 is 25.5. The van der Waals surface area contributed by atoms with Crippen molar-refractivity contribution in [3.63, 3.8) is 0 Å². The molecule has 0 amide bonds. The molecule has 1 rings (SSSR count). The van der Waals surface area contributed by atoms with Crippen molar-refractivity contribution < 1.29 is 18.4 Å². The number of aliphatic hydroxyl groups excluding tert-OH is 1.